The summed E-state index contributed by atoms with van der Waals surface area (Å²) in [4.78, 5) is 17.5. The summed E-state index contributed by atoms with van der Waals surface area (Å²) in [5.74, 6) is -29.8. The minimum absolute atomic E-state index is 0.0375. The molecule has 0 aromatic heterocycles. The van der Waals surface area contributed by atoms with Crippen molar-refractivity contribution in [2.75, 3.05) is 11.5 Å². The number of rotatable bonds is 9. The van der Waals surface area contributed by atoms with Gasteiger partial charge in [-0.3, -0.25) is 4.79 Å². The Morgan fingerprint density at radius 1 is 0.511 bits per heavy atom. The van der Waals surface area contributed by atoms with Gasteiger partial charge in [-0.1, -0.05) is 6.08 Å². The van der Waals surface area contributed by atoms with Gasteiger partial charge in [0, 0.05) is 17.9 Å². The molecular weight excluding hydrogens is 737 g/mol. The molecule has 0 saturated heterocycles. The van der Waals surface area contributed by atoms with Gasteiger partial charge in [0.25, 0.3) is 0 Å². The second-order valence-corrected chi connectivity index (χ2v) is 10.8. The number of benzene rings is 3. The summed E-state index contributed by atoms with van der Waals surface area (Å²) in [6.45, 7) is 1.33. The van der Waals surface area contributed by atoms with Gasteiger partial charge in [-0.05, 0) is 19.4 Å². The standard InChI is InChI=1S/C12H9F5OS.C9H5F5OS.C6HF5S/c1-6(18)4-2-3-5-19-12-10(16)8(14)7(13)9(15)11(12)17;10-4-5(11)7(13)9(8(14)6(4)12)16-3-1-2-15;7-1-2(8)4(10)6(12)5(11)3(1)9/h2,4H,3,5H2,1H3;2H,1,3H2;12H/b4-2+;;. The summed E-state index contributed by atoms with van der Waals surface area (Å²) in [6, 6.07) is 0. The van der Waals surface area contributed by atoms with E-state index < -0.39 is 102 Å². The zero-order chi connectivity index (χ0) is 36.3. The first-order valence-electron chi connectivity index (χ1n) is 11.9. The lowest BCUT2D eigenvalue weighted by atomic mass is 10.3. The lowest BCUT2D eigenvalue weighted by molar-refractivity contribution is -0.112. The fourth-order valence-corrected chi connectivity index (χ4v) is 4.64. The van der Waals surface area contributed by atoms with Gasteiger partial charge in [-0.15, -0.1) is 36.2 Å². The van der Waals surface area contributed by atoms with Gasteiger partial charge in [-0.25, -0.2) is 65.9 Å². The van der Waals surface area contributed by atoms with Gasteiger partial charge >= 0.3 is 0 Å². The molecule has 0 fully saturated rings. The van der Waals surface area contributed by atoms with Gasteiger partial charge < -0.3 is 4.79 Å². The highest BCUT2D eigenvalue weighted by atomic mass is 32.2. The summed E-state index contributed by atoms with van der Waals surface area (Å²) >= 11 is 4.01. The van der Waals surface area contributed by atoms with E-state index >= 15 is 0 Å². The van der Waals surface area contributed by atoms with E-state index in [1.54, 1.807) is 0 Å². The Bertz CT molecular complexity index is 1500. The molecule has 0 aliphatic rings. The molecule has 0 bridgehead atoms. The fourth-order valence-electron chi connectivity index (χ4n) is 2.70. The second kappa shape index (κ2) is 18.9. The first-order valence-corrected chi connectivity index (χ1v) is 14.3. The van der Waals surface area contributed by atoms with E-state index in [1.807, 2.05) is 0 Å². The quantitative estimate of drug-likeness (QED) is 0.0345. The summed E-state index contributed by atoms with van der Waals surface area (Å²) in [6.07, 6.45) is 3.44. The van der Waals surface area contributed by atoms with Gasteiger partial charge in [0.1, 0.15) is 6.29 Å². The molecule has 20 heteroatoms. The number of thioether (sulfide) groups is 2. The van der Waals surface area contributed by atoms with Gasteiger partial charge in [0.05, 0.1) is 14.7 Å². The molecule has 0 saturated carbocycles. The van der Waals surface area contributed by atoms with Crippen molar-refractivity contribution in [1.82, 2.24) is 0 Å². The number of halogens is 15. The average Bonchev–Trinajstić information content (AvgIpc) is 3.05. The van der Waals surface area contributed by atoms with Crippen LogP contribution in [0.3, 0.4) is 0 Å². The molecule has 0 heterocycles. The fraction of sp³-hybridized carbons (Fsp3) is 0.185. The first-order chi connectivity index (χ1) is 21.8. The van der Waals surface area contributed by atoms with E-state index in [0.717, 1.165) is 0 Å². The third-order valence-electron chi connectivity index (χ3n) is 4.89. The van der Waals surface area contributed by atoms with Crippen molar-refractivity contribution < 1.29 is 75.4 Å². The van der Waals surface area contributed by atoms with E-state index in [0.29, 0.717) is 29.8 Å². The monoisotopic (exact) mass is 752 g/mol. The van der Waals surface area contributed by atoms with Crippen molar-refractivity contribution in [3.63, 3.8) is 0 Å². The highest BCUT2D eigenvalue weighted by molar-refractivity contribution is 7.99. The first kappa shape index (κ1) is 41.8. The molecule has 0 aliphatic carbocycles. The molecular formula is C27H15F15O2S3. The van der Waals surface area contributed by atoms with Gasteiger partial charge in [0.15, 0.2) is 75.6 Å². The minimum atomic E-state index is -2.19. The van der Waals surface area contributed by atoms with E-state index in [-0.39, 0.29) is 30.1 Å². The Balaban J connectivity index is 0.000000361. The summed E-state index contributed by atoms with van der Waals surface area (Å²) in [5, 5.41) is 0. The maximum Gasteiger partial charge on any atom is 0.200 e. The van der Waals surface area contributed by atoms with Crippen LogP contribution in [-0.2, 0) is 9.59 Å². The number of hydrogen-bond acceptors (Lipinski definition) is 5. The highest BCUT2D eigenvalue weighted by Crippen LogP contribution is 2.32. The predicted octanol–water partition coefficient (Wildman–Crippen LogP) is 9.74. The van der Waals surface area contributed by atoms with Crippen LogP contribution in [0.2, 0.25) is 0 Å². The van der Waals surface area contributed by atoms with Gasteiger partial charge in [0.2, 0.25) is 17.5 Å². The topological polar surface area (TPSA) is 34.1 Å². The smallest absolute Gasteiger partial charge is 0.200 e. The Morgan fingerprint density at radius 2 is 0.787 bits per heavy atom. The number of carbonyl (C=O) groups excluding carboxylic acids is 2. The summed E-state index contributed by atoms with van der Waals surface area (Å²) in [7, 11) is 0. The van der Waals surface area contributed by atoms with E-state index in [2.05, 4.69) is 12.6 Å². The molecule has 3 rings (SSSR count). The van der Waals surface area contributed by atoms with Crippen LogP contribution in [-0.4, -0.2) is 23.6 Å². The molecule has 0 N–H and O–H groups in total. The lowest BCUT2D eigenvalue weighted by Crippen LogP contribution is -2.03. The maximum absolute atomic E-state index is 13.2. The van der Waals surface area contributed by atoms with Crippen molar-refractivity contribution in [2.45, 2.75) is 34.5 Å². The van der Waals surface area contributed by atoms with E-state index in [1.165, 1.54) is 19.1 Å². The van der Waals surface area contributed by atoms with Crippen molar-refractivity contribution in [1.29, 1.82) is 0 Å². The van der Waals surface area contributed by atoms with E-state index in [9.17, 15) is 75.4 Å². The SMILES string of the molecule is CC(=O)/C=C/CCSc1c(F)c(F)c(F)c(F)c1F.Fc1c(F)c(F)c(S)c(F)c1F.O=CCCSc1c(F)c(F)c(F)c(F)c1F. The third-order valence-corrected chi connectivity index (χ3v) is 7.46. The summed E-state index contributed by atoms with van der Waals surface area (Å²) < 4.78 is 190. The molecule has 0 spiro atoms. The number of thiol groups is 1. The van der Waals surface area contributed by atoms with Crippen LogP contribution in [0.25, 0.3) is 0 Å². The summed E-state index contributed by atoms with van der Waals surface area (Å²) in [5.41, 5.74) is 0. The Hall–Kier alpha value is -3.26. The van der Waals surface area contributed by atoms with Crippen LogP contribution in [0.4, 0.5) is 65.9 Å². The Labute approximate surface area is 268 Å². The van der Waals surface area contributed by atoms with Crippen LogP contribution in [0.1, 0.15) is 19.8 Å². The molecule has 0 atom stereocenters. The van der Waals surface area contributed by atoms with Crippen LogP contribution in [0.15, 0.2) is 26.8 Å². The van der Waals surface area contributed by atoms with Crippen molar-refractivity contribution in [3.05, 3.63) is 99.4 Å². The molecule has 0 amide bonds. The van der Waals surface area contributed by atoms with Crippen LogP contribution >= 0.6 is 36.2 Å². The number of carbonyl (C=O) groups is 2. The Kier molecular flexibility index (Phi) is 16.8. The maximum atomic E-state index is 13.2. The number of hydrogen-bond donors (Lipinski definition) is 1. The van der Waals surface area contributed by atoms with E-state index in [4.69, 9.17) is 0 Å². The molecule has 0 unspecified atom stereocenters. The van der Waals surface area contributed by atoms with Crippen LogP contribution < -0.4 is 0 Å². The zero-order valence-corrected chi connectivity index (χ0v) is 25.3. The normalized spacial score (nSPS) is 10.8. The third kappa shape index (κ3) is 10.6. The Morgan fingerprint density at radius 3 is 1.09 bits per heavy atom. The number of aldehydes is 1. The van der Waals surface area contributed by atoms with Crippen molar-refractivity contribution in [3.8, 4) is 0 Å². The largest absolute Gasteiger partial charge is 0.303 e. The number of ketones is 1. The molecule has 258 valence electrons. The molecule has 0 radical (unpaired) electrons. The minimum Gasteiger partial charge on any atom is -0.303 e. The van der Waals surface area contributed by atoms with Crippen LogP contribution in [0.5, 0.6) is 0 Å². The molecule has 2 nitrogen and oxygen atoms in total. The predicted molar refractivity (Wildman–Crippen MR) is 143 cm³/mol. The van der Waals surface area contributed by atoms with Crippen molar-refractivity contribution in [2.24, 2.45) is 0 Å². The number of allylic oxidation sites excluding steroid dienone is 2. The molecule has 47 heavy (non-hydrogen) atoms. The van der Waals surface area contributed by atoms with Crippen molar-refractivity contribution >= 4 is 48.2 Å². The molecule has 3 aromatic carbocycles. The lowest BCUT2D eigenvalue weighted by Gasteiger charge is -2.06. The second-order valence-electron chi connectivity index (χ2n) is 8.17. The highest BCUT2D eigenvalue weighted by Gasteiger charge is 2.27. The van der Waals surface area contributed by atoms with Crippen LogP contribution in [0, 0.1) is 87.3 Å². The average molecular weight is 753 g/mol. The molecule has 0 aliphatic heterocycles. The van der Waals surface area contributed by atoms with Gasteiger partial charge in [-0.2, -0.15) is 0 Å². The zero-order valence-electron chi connectivity index (χ0n) is 22.8. The molecule has 3 aromatic rings.